The highest BCUT2D eigenvalue weighted by Gasteiger charge is 2.99. The number of rotatable bonds is 21. The van der Waals surface area contributed by atoms with Crippen LogP contribution in [-0.2, 0) is 24.9 Å². The molecule has 0 aromatic carbocycles. The molecule has 0 bridgehead atoms. The maximum Gasteiger partial charge on any atom is 0.460 e. The Bertz CT molecular complexity index is 1650. The summed E-state index contributed by atoms with van der Waals surface area (Å²) >= 11 is 0. The first-order valence-corrected chi connectivity index (χ1v) is 16.4. The fraction of sp³-hybridized carbons (Fsp3) is 0.952. The number of carboxylic acids is 1. The standard InChI is InChI=1S/C21H21F23N2O8S2/c1-46(2,7-9(47)8-55(50,51)52)5-3-4-45(6-10(48)49)56(53,54)21(43,44)19(38,39)17(34,35)15(30,31)13(26,27)11(22,23)12(24,25)14(28,29)16(32,33)18(36,37)20(40,41)42/h9,47H,3-8H2,1-2H3,(H-,48,49,50,51,52)/p+1. The Morgan fingerprint density at radius 1 is 0.589 bits per heavy atom. The number of nitrogens with zero attached hydrogens (tertiary/aromatic N) is 2. The lowest BCUT2D eigenvalue weighted by atomic mass is 9.86. The van der Waals surface area contributed by atoms with Gasteiger partial charge in [0.05, 0.1) is 20.6 Å². The summed E-state index contributed by atoms with van der Waals surface area (Å²) in [5.74, 6) is -88.5. The number of hydrogen-bond acceptors (Lipinski definition) is 6. The average Bonchev–Trinajstić information content (AvgIpc) is 2.93. The summed E-state index contributed by atoms with van der Waals surface area (Å²) in [5, 5.41) is 10.2. The van der Waals surface area contributed by atoms with E-state index in [1.807, 2.05) is 0 Å². The summed E-state index contributed by atoms with van der Waals surface area (Å²) in [6, 6.07) is 0. The van der Waals surface area contributed by atoms with E-state index >= 15 is 0 Å². The molecule has 0 saturated carbocycles. The van der Waals surface area contributed by atoms with E-state index in [1.165, 1.54) is 0 Å². The number of alkyl halides is 23. The minimum atomic E-state index is -9.71. The average molecular weight is 932 g/mol. The molecular formula is C21H22F23N2O8S2+. The normalized spacial score (nSPS) is 16.7. The van der Waals surface area contributed by atoms with Crippen molar-refractivity contribution in [3.8, 4) is 0 Å². The number of hydrogen-bond donors (Lipinski definition) is 3. The second kappa shape index (κ2) is 15.0. The largest absolute Gasteiger partial charge is 0.480 e. The van der Waals surface area contributed by atoms with Crippen LogP contribution in [0.25, 0.3) is 0 Å². The Labute approximate surface area is 296 Å². The monoisotopic (exact) mass is 931 g/mol. The molecule has 1 unspecified atom stereocenters. The number of sulfonamides is 1. The molecule has 0 spiro atoms. The number of carboxylic acid groups (broad SMARTS) is 1. The van der Waals surface area contributed by atoms with Crippen molar-refractivity contribution in [2.24, 2.45) is 0 Å². The zero-order valence-corrected chi connectivity index (χ0v) is 28.2. The molecule has 56 heavy (non-hydrogen) atoms. The molecule has 0 aliphatic heterocycles. The molecule has 1 atom stereocenters. The van der Waals surface area contributed by atoms with E-state index in [-0.39, 0.29) is 0 Å². The van der Waals surface area contributed by atoms with Crippen LogP contribution < -0.4 is 0 Å². The quantitative estimate of drug-likeness (QED) is 0.0800. The van der Waals surface area contributed by atoms with Gasteiger partial charge in [-0.15, -0.1) is 0 Å². The number of likely N-dealkylation sites (N-methyl/N-ethyl adjacent to an activating group) is 1. The van der Waals surface area contributed by atoms with Gasteiger partial charge in [-0.3, -0.25) is 9.35 Å². The molecule has 0 heterocycles. The highest BCUT2D eigenvalue weighted by Crippen LogP contribution is 2.67. The number of halogens is 23. The van der Waals surface area contributed by atoms with E-state index in [4.69, 9.17) is 9.66 Å². The zero-order chi connectivity index (χ0) is 46.0. The maximum atomic E-state index is 14.7. The molecule has 0 amide bonds. The van der Waals surface area contributed by atoms with Gasteiger partial charge >= 0.3 is 70.7 Å². The minimum Gasteiger partial charge on any atom is -0.480 e. The van der Waals surface area contributed by atoms with Crippen molar-refractivity contribution in [2.75, 3.05) is 46.0 Å². The summed E-state index contributed by atoms with van der Waals surface area (Å²) in [7, 11) is -11.1. The highest BCUT2D eigenvalue weighted by atomic mass is 32.2. The first kappa shape index (κ1) is 53.6. The number of quaternary nitrogens is 1. The summed E-state index contributed by atoms with van der Waals surface area (Å²) in [6.07, 6.45) is -11.5. The summed E-state index contributed by atoms with van der Waals surface area (Å²) in [6.45, 7) is -6.25. The van der Waals surface area contributed by atoms with E-state index in [2.05, 4.69) is 0 Å². The molecule has 0 fully saturated rings. The van der Waals surface area contributed by atoms with Crippen LogP contribution in [0.15, 0.2) is 0 Å². The second-order valence-corrected chi connectivity index (χ2v) is 15.5. The number of aliphatic hydroxyl groups excluding tert-OH is 1. The molecule has 0 aromatic heterocycles. The van der Waals surface area contributed by atoms with Crippen molar-refractivity contribution in [3.63, 3.8) is 0 Å². The van der Waals surface area contributed by atoms with E-state index in [9.17, 15) is 128 Å². The topological polar surface area (TPSA) is 149 Å². The van der Waals surface area contributed by atoms with Gasteiger partial charge in [0.25, 0.3) is 20.1 Å². The molecule has 0 aliphatic carbocycles. The fourth-order valence-corrected chi connectivity index (χ4v) is 6.15. The Morgan fingerprint density at radius 3 is 1.18 bits per heavy atom. The third kappa shape index (κ3) is 8.65. The van der Waals surface area contributed by atoms with Gasteiger partial charge in [-0.05, 0) is 0 Å². The first-order chi connectivity index (χ1) is 23.9. The van der Waals surface area contributed by atoms with E-state index in [0.717, 1.165) is 14.1 Å². The van der Waals surface area contributed by atoms with Crippen molar-refractivity contribution in [1.29, 1.82) is 0 Å². The molecule has 10 nitrogen and oxygen atoms in total. The second-order valence-electron chi connectivity index (χ2n) is 12.0. The van der Waals surface area contributed by atoms with Crippen LogP contribution in [0, 0.1) is 0 Å². The Hall–Kier alpha value is -2.40. The zero-order valence-electron chi connectivity index (χ0n) is 26.6. The van der Waals surface area contributed by atoms with Gasteiger partial charge in [0.15, 0.2) is 0 Å². The smallest absolute Gasteiger partial charge is 0.460 e. The lowest BCUT2D eigenvalue weighted by Gasteiger charge is -2.45. The molecule has 0 radical (unpaired) electrons. The van der Waals surface area contributed by atoms with Crippen molar-refractivity contribution in [1.82, 2.24) is 4.31 Å². The number of carbonyl (C=O) groups is 1. The highest BCUT2D eigenvalue weighted by molar-refractivity contribution is 7.90. The number of aliphatic hydroxyl groups is 1. The van der Waals surface area contributed by atoms with Crippen molar-refractivity contribution >= 4 is 26.1 Å². The van der Waals surface area contributed by atoms with Gasteiger partial charge in [-0.1, -0.05) is 0 Å². The lowest BCUT2D eigenvalue weighted by molar-refractivity contribution is -0.893. The van der Waals surface area contributed by atoms with E-state index in [1.54, 1.807) is 0 Å². The van der Waals surface area contributed by atoms with Crippen molar-refractivity contribution in [2.45, 2.75) is 77.3 Å². The van der Waals surface area contributed by atoms with Crippen LogP contribution >= 0.6 is 0 Å². The molecule has 3 N–H and O–H groups in total. The molecule has 35 heteroatoms. The van der Waals surface area contributed by atoms with E-state index < -0.39 is 144 Å². The van der Waals surface area contributed by atoms with Crippen LogP contribution in [0.5, 0.6) is 0 Å². The van der Waals surface area contributed by atoms with Gasteiger partial charge in [-0.25, -0.2) is 8.42 Å². The summed E-state index contributed by atoms with van der Waals surface area (Å²) in [4.78, 5) is 11.0. The Balaban J connectivity index is 7.19. The first-order valence-electron chi connectivity index (χ1n) is 13.4. The summed E-state index contributed by atoms with van der Waals surface area (Å²) < 4.78 is 368. The molecule has 0 aliphatic rings. The maximum absolute atomic E-state index is 14.7. The predicted octanol–water partition coefficient (Wildman–Crippen LogP) is 5.29. The van der Waals surface area contributed by atoms with Gasteiger partial charge in [0.2, 0.25) is 0 Å². The fourth-order valence-electron chi connectivity index (χ4n) is 4.13. The summed E-state index contributed by atoms with van der Waals surface area (Å²) in [5.41, 5.74) is 0. The molecule has 336 valence electrons. The Kier molecular flexibility index (Phi) is 14.4. The van der Waals surface area contributed by atoms with Gasteiger partial charge in [-0.2, -0.15) is 114 Å². The number of aliphatic carboxylic acids is 1. The van der Waals surface area contributed by atoms with Crippen molar-refractivity contribution < 1.29 is 142 Å². The van der Waals surface area contributed by atoms with Crippen LogP contribution in [0.2, 0.25) is 0 Å². The van der Waals surface area contributed by atoms with Crippen LogP contribution in [-0.4, -0.2) is 163 Å². The van der Waals surface area contributed by atoms with Gasteiger partial charge in [0, 0.05) is 13.0 Å². The van der Waals surface area contributed by atoms with Gasteiger partial charge in [0.1, 0.15) is 24.9 Å². The molecule has 0 saturated heterocycles. The van der Waals surface area contributed by atoms with E-state index in [0.29, 0.717) is 0 Å². The van der Waals surface area contributed by atoms with Crippen molar-refractivity contribution in [3.05, 3.63) is 0 Å². The molecule has 0 rings (SSSR count). The third-order valence-corrected chi connectivity index (χ3v) is 9.83. The molecule has 0 aromatic rings. The van der Waals surface area contributed by atoms with Crippen LogP contribution in [0.3, 0.4) is 0 Å². The van der Waals surface area contributed by atoms with Crippen LogP contribution in [0.1, 0.15) is 6.42 Å². The Morgan fingerprint density at radius 2 is 0.893 bits per heavy atom. The SMILES string of the molecule is C[N+](C)(CCCN(CC(=O)O)S(=O)(=O)C(F)(F)C(F)(F)C(F)(F)C(F)(F)C(F)(F)C(F)(F)C(F)(F)C(F)(F)C(F)(F)C(F)(F)C(F)(F)F)CC(O)CS(=O)(=O)O. The third-order valence-electron chi connectivity index (χ3n) is 7.13. The molecular weight excluding hydrogens is 909 g/mol. The predicted molar refractivity (Wildman–Crippen MR) is 133 cm³/mol. The minimum absolute atomic E-state index is 0.812. The van der Waals surface area contributed by atoms with Gasteiger partial charge < -0.3 is 14.7 Å². The van der Waals surface area contributed by atoms with Crippen LogP contribution in [0.4, 0.5) is 101 Å². The lowest BCUT2D eigenvalue weighted by Crippen LogP contribution is -2.78.